The molecule has 1 N–H and O–H groups in total. The zero-order chi connectivity index (χ0) is 19.5. The summed E-state index contributed by atoms with van der Waals surface area (Å²) in [6.07, 6.45) is 3.24. The Bertz CT molecular complexity index is 729. The van der Waals surface area contributed by atoms with E-state index in [1.807, 2.05) is 0 Å². The predicted molar refractivity (Wildman–Crippen MR) is 100.0 cm³/mol. The highest BCUT2D eigenvalue weighted by molar-refractivity contribution is 5.91. The standard InChI is InChI=1S/C21H24FNO4/c1-2-3-4-13-26-19-11-7-17(8-12-19)21(25)27-15-20(24)23-14-16-5-9-18(22)10-6-16/h5-12H,2-4,13-15H2,1H3,(H,23,24). The van der Waals surface area contributed by atoms with Crippen molar-refractivity contribution < 1.29 is 23.5 Å². The number of rotatable bonds is 10. The molecule has 0 unspecified atom stereocenters. The van der Waals surface area contributed by atoms with Gasteiger partial charge >= 0.3 is 5.97 Å². The number of hydrogen-bond acceptors (Lipinski definition) is 4. The van der Waals surface area contributed by atoms with Crippen molar-refractivity contribution >= 4 is 11.9 Å². The SMILES string of the molecule is CCCCCOc1ccc(C(=O)OCC(=O)NCc2ccc(F)cc2)cc1. The molecule has 0 saturated heterocycles. The molecule has 2 aromatic rings. The number of unbranched alkanes of at least 4 members (excludes halogenated alkanes) is 2. The first-order valence-electron chi connectivity index (χ1n) is 8.99. The van der Waals surface area contributed by atoms with E-state index in [1.54, 1.807) is 36.4 Å². The van der Waals surface area contributed by atoms with Crippen molar-refractivity contribution in [3.63, 3.8) is 0 Å². The summed E-state index contributed by atoms with van der Waals surface area (Å²) in [7, 11) is 0. The Hall–Kier alpha value is -2.89. The number of carbonyl (C=O) groups excluding carboxylic acids is 2. The van der Waals surface area contributed by atoms with E-state index in [9.17, 15) is 14.0 Å². The lowest BCUT2D eigenvalue weighted by Gasteiger charge is -2.08. The van der Waals surface area contributed by atoms with Gasteiger partial charge in [-0.25, -0.2) is 9.18 Å². The molecule has 0 spiro atoms. The van der Waals surface area contributed by atoms with Crippen LogP contribution in [0.1, 0.15) is 42.1 Å². The molecular formula is C21H24FNO4. The van der Waals surface area contributed by atoms with Gasteiger partial charge in [-0.1, -0.05) is 31.9 Å². The van der Waals surface area contributed by atoms with E-state index in [-0.39, 0.29) is 19.0 Å². The Balaban J connectivity index is 1.71. The van der Waals surface area contributed by atoms with Crippen molar-refractivity contribution in [1.29, 1.82) is 0 Å². The molecule has 0 fully saturated rings. The maximum Gasteiger partial charge on any atom is 0.338 e. The van der Waals surface area contributed by atoms with E-state index in [2.05, 4.69) is 12.2 Å². The summed E-state index contributed by atoms with van der Waals surface area (Å²) in [4.78, 5) is 23.7. The van der Waals surface area contributed by atoms with Crippen LogP contribution < -0.4 is 10.1 Å². The molecule has 0 heterocycles. The third-order valence-corrected chi connectivity index (χ3v) is 3.84. The minimum Gasteiger partial charge on any atom is -0.494 e. The van der Waals surface area contributed by atoms with Gasteiger partial charge in [0.2, 0.25) is 0 Å². The monoisotopic (exact) mass is 373 g/mol. The summed E-state index contributed by atoms with van der Waals surface area (Å²) in [6, 6.07) is 12.4. The zero-order valence-electron chi connectivity index (χ0n) is 15.4. The summed E-state index contributed by atoms with van der Waals surface area (Å²) in [5.41, 5.74) is 1.10. The first-order valence-corrected chi connectivity index (χ1v) is 8.99. The quantitative estimate of drug-likeness (QED) is 0.507. The molecule has 0 atom stereocenters. The maximum atomic E-state index is 12.8. The van der Waals surface area contributed by atoms with E-state index in [1.165, 1.54) is 12.1 Å². The number of ether oxygens (including phenoxy) is 2. The molecule has 2 rings (SSSR count). The van der Waals surface area contributed by atoms with Gasteiger partial charge in [-0.15, -0.1) is 0 Å². The van der Waals surface area contributed by atoms with Gasteiger partial charge in [-0.3, -0.25) is 4.79 Å². The Morgan fingerprint density at radius 2 is 1.70 bits per heavy atom. The van der Waals surface area contributed by atoms with Crippen molar-refractivity contribution in [3.05, 3.63) is 65.5 Å². The Morgan fingerprint density at radius 1 is 1.00 bits per heavy atom. The van der Waals surface area contributed by atoms with Gasteiger partial charge in [0.1, 0.15) is 11.6 Å². The molecule has 0 aliphatic carbocycles. The van der Waals surface area contributed by atoms with Gasteiger partial charge < -0.3 is 14.8 Å². The van der Waals surface area contributed by atoms with Crippen LogP contribution in [0.5, 0.6) is 5.75 Å². The number of amides is 1. The maximum absolute atomic E-state index is 12.8. The number of esters is 1. The van der Waals surface area contributed by atoms with E-state index in [0.29, 0.717) is 17.9 Å². The molecule has 0 aromatic heterocycles. The Kier molecular flexibility index (Phi) is 8.29. The molecule has 0 aliphatic heterocycles. The fraction of sp³-hybridized carbons (Fsp3) is 0.333. The molecule has 2 aromatic carbocycles. The van der Waals surface area contributed by atoms with Crippen molar-refractivity contribution in [2.24, 2.45) is 0 Å². The number of carbonyl (C=O) groups is 2. The van der Waals surface area contributed by atoms with Gasteiger partial charge in [0.15, 0.2) is 6.61 Å². The van der Waals surface area contributed by atoms with Crippen molar-refractivity contribution in [2.45, 2.75) is 32.7 Å². The van der Waals surface area contributed by atoms with Crippen molar-refractivity contribution in [2.75, 3.05) is 13.2 Å². The van der Waals surface area contributed by atoms with Gasteiger partial charge in [-0.05, 0) is 48.4 Å². The molecule has 6 heteroatoms. The lowest BCUT2D eigenvalue weighted by atomic mass is 10.2. The molecule has 0 saturated carbocycles. The number of nitrogens with one attached hydrogen (secondary N) is 1. The average Bonchev–Trinajstić information content (AvgIpc) is 2.69. The minimum absolute atomic E-state index is 0.237. The molecule has 0 bridgehead atoms. The minimum atomic E-state index is -0.579. The van der Waals surface area contributed by atoms with Crippen LogP contribution in [0, 0.1) is 5.82 Å². The molecule has 144 valence electrons. The van der Waals surface area contributed by atoms with Crippen LogP contribution in [0.2, 0.25) is 0 Å². The van der Waals surface area contributed by atoms with Crippen LogP contribution >= 0.6 is 0 Å². The lowest BCUT2D eigenvalue weighted by molar-refractivity contribution is -0.124. The average molecular weight is 373 g/mol. The van der Waals surface area contributed by atoms with Gasteiger partial charge in [0.05, 0.1) is 12.2 Å². The normalized spacial score (nSPS) is 10.3. The molecule has 5 nitrogen and oxygen atoms in total. The second-order valence-electron chi connectivity index (χ2n) is 6.06. The molecule has 27 heavy (non-hydrogen) atoms. The Labute approximate surface area is 158 Å². The highest BCUT2D eigenvalue weighted by Gasteiger charge is 2.10. The van der Waals surface area contributed by atoms with Crippen molar-refractivity contribution in [3.8, 4) is 5.75 Å². The van der Waals surface area contributed by atoms with Crippen LogP contribution in [-0.4, -0.2) is 25.1 Å². The van der Waals surface area contributed by atoms with Gasteiger partial charge in [0.25, 0.3) is 5.91 Å². The number of benzene rings is 2. The summed E-state index contributed by atoms with van der Waals surface area (Å²) in [5, 5.41) is 2.61. The summed E-state index contributed by atoms with van der Waals surface area (Å²) >= 11 is 0. The fourth-order valence-corrected chi connectivity index (χ4v) is 2.30. The molecular weight excluding hydrogens is 349 g/mol. The predicted octanol–water partition coefficient (Wildman–Crippen LogP) is 3.87. The van der Waals surface area contributed by atoms with Crippen LogP contribution in [0.15, 0.2) is 48.5 Å². The highest BCUT2D eigenvalue weighted by atomic mass is 19.1. The first kappa shape index (κ1) is 20.4. The number of hydrogen-bond donors (Lipinski definition) is 1. The van der Waals surface area contributed by atoms with E-state index in [4.69, 9.17) is 9.47 Å². The fourth-order valence-electron chi connectivity index (χ4n) is 2.30. The third-order valence-electron chi connectivity index (χ3n) is 3.84. The van der Waals surface area contributed by atoms with Crippen LogP contribution in [0.4, 0.5) is 4.39 Å². The second-order valence-corrected chi connectivity index (χ2v) is 6.06. The summed E-state index contributed by atoms with van der Waals surface area (Å²) in [6.45, 7) is 2.63. The summed E-state index contributed by atoms with van der Waals surface area (Å²) in [5.74, 6) is -0.649. The number of halogens is 1. The summed E-state index contributed by atoms with van der Waals surface area (Å²) < 4.78 is 23.4. The molecule has 0 radical (unpaired) electrons. The molecule has 0 aliphatic rings. The second kappa shape index (κ2) is 11.0. The van der Waals surface area contributed by atoms with E-state index < -0.39 is 11.9 Å². The highest BCUT2D eigenvalue weighted by Crippen LogP contribution is 2.13. The van der Waals surface area contributed by atoms with Gasteiger partial charge in [-0.2, -0.15) is 0 Å². The van der Waals surface area contributed by atoms with Crippen LogP contribution in [-0.2, 0) is 16.1 Å². The lowest BCUT2D eigenvalue weighted by Crippen LogP contribution is -2.28. The Morgan fingerprint density at radius 3 is 2.37 bits per heavy atom. The van der Waals surface area contributed by atoms with Crippen molar-refractivity contribution in [1.82, 2.24) is 5.32 Å². The largest absolute Gasteiger partial charge is 0.494 e. The third kappa shape index (κ3) is 7.48. The zero-order valence-corrected chi connectivity index (χ0v) is 15.4. The smallest absolute Gasteiger partial charge is 0.338 e. The van der Waals surface area contributed by atoms with Crippen LogP contribution in [0.25, 0.3) is 0 Å². The van der Waals surface area contributed by atoms with Crippen LogP contribution in [0.3, 0.4) is 0 Å². The topological polar surface area (TPSA) is 64.6 Å². The van der Waals surface area contributed by atoms with E-state index >= 15 is 0 Å². The van der Waals surface area contributed by atoms with Gasteiger partial charge in [0, 0.05) is 6.54 Å². The molecule has 1 amide bonds. The first-order chi connectivity index (χ1) is 13.1. The van der Waals surface area contributed by atoms with E-state index in [0.717, 1.165) is 24.8 Å².